The monoisotopic (exact) mass is 392 g/mol. The van der Waals surface area contributed by atoms with Gasteiger partial charge < -0.3 is 14.9 Å². The van der Waals surface area contributed by atoms with E-state index in [2.05, 4.69) is 0 Å². The van der Waals surface area contributed by atoms with Crippen LogP contribution in [0.3, 0.4) is 0 Å². The van der Waals surface area contributed by atoms with Crippen LogP contribution >= 0.6 is 0 Å². The standard InChI is InChI=1S/C23H24N2O4/c1-15-6-8-16(9-7-15)12-25-20(10-11-21(25)26)22(27)24-13-17-4-2-3-5-18(17)19(14-24)23(28)29/h2-9,19-20H,10-14H2,1H3,(H,28,29). The maximum Gasteiger partial charge on any atom is 0.312 e. The van der Waals surface area contributed by atoms with Gasteiger partial charge in [-0.05, 0) is 30.0 Å². The Morgan fingerprint density at radius 1 is 1.10 bits per heavy atom. The van der Waals surface area contributed by atoms with Crippen LogP contribution in [0, 0.1) is 6.92 Å². The molecule has 6 heteroatoms. The van der Waals surface area contributed by atoms with Crippen molar-refractivity contribution >= 4 is 17.8 Å². The number of aryl methyl sites for hydroxylation is 1. The zero-order valence-corrected chi connectivity index (χ0v) is 16.4. The predicted molar refractivity (Wildman–Crippen MR) is 107 cm³/mol. The van der Waals surface area contributed by atoms with Crippen molar-refractivity contribution in [1.82, 2.24) is 9.80 Å². The minimum absolute atomic E-state index is 0.0314. The molecule has 150 valence electrons. The van der Waals surface area contributed by atoms with Gasteiger partial charge >= 0.3 is 5.97 Å². The van der Waals surface area contributed by atoms with Gasteiger partial charge in [0, 0.05) is 26.1 Å². The van der Waals surface area contributed by atoms with Crippen molar-refractivity contribution < 1.29 is 19.5 Å². The molecule has 0 radical (unpaired) electrons. The first kappa shape index (κ1) is 19.2. The summed E-state index contributed by atoms with van der Waals surface area (Å²) in [4.78, 5) is 40.8. The number of likely N-dealkylation sites (tertiary alicyclic amines) is 1. The Morgan fingerprint density at radius 3 is 2.55 bits per heavy atom. The lowest BCUT2D eigenvalue weighted by Crippen LogP contribution is -2.49. The first-order chi connectivity index (χ1) is 13.9. The molecule has 2 heterocycles. The van der Waals surface area contributed by atoms with E-state index >= 15 is 0 Å². The van der Waals surface area contributed by atoms with E-state index in [9.17, 15) is 19.5 Å². The Kier molecular flexibility index (Phi) is 5.09. The van der Waals surface area contributed by atoms with Crippen LogP contribution in [-0.2, 0) is 27.5 Å². The van der Waals surface area contributed by atoms with Gasteiger partial charge in [0.05, 0.1) is 5.92 Å². The van der Waals surface area contributed by atoms with Gasteiger partial charge in [0.2, 0.25) is 11.8 Å². The molecule has 1 saturated heterocycles. The second-order valence-corrected chi connectivity index (χ2v) is 7.87. The second-order valence-electron chi connectivity index (χ2n) is 7.87. The van der Waals surface area contributed by atoms with Gasteiger partial charge in [-0.3, -0.25) is 14.4 Å². The highest BCUT2D eigenvalue weighted by molar-refractivity contribution is 5.91. The van der Waals surface area contributed by atoms with E-state index < -0.39 is 17.9 Å². The third-order valence-electron chi connectivity index (χ3n) is 5.89. The van der Waals surface area contributed by atoms with Gasteiger partial charge in [-0.2, -0.15) is 0 Å². The topological polar surface area (TPSA) is 77.9 Å². The molecule has 1 N–H and O–H groups in total. The highest BCUT2D eigenvalue weighted by Crippen LogP contribution is 2.31. The summed E-state index contributed by atoms with van der Waals surface area (Å²) in [6.07, 6.45) is 0.814. The number of hydrogen-bond donors (Lipinski definition) is 1. The summed E-state index contributed by atoms with van der Waals surface area (Å²) >= 11 is 0. The number of hydrogen-bond acceptors (Lipinski definition) is 3. The lowest BCUT2D eigenvalue weighted by molar-refractivity contribution is -0.145. The summed E-state index contributed by atoms with van der Waals surface area (Å²) in [5.74, 6) is -1.87. The fraction of sp³-hybridized carbons (Fsp3) is 0.348. The molecule has 0 aromatic heterocycles. The molecule has 2 aromatic rings. The van der Waals surface area contributed by atoms with Gasteiger partial charge in [0.1, 0.15) is 6.04 Å². The molecule has 4 rings (SSSR count). The van der Waals surface area contributed by atoms with Crippen molar-refractivity contribution in [3.05, 3.63) is 70.8 Å². The summed E-state index contributed by atoms with van der Waals surface area (Å²) in [6, 6.07) is 14.8. The number of carboxylic acids is 1. The molecule has 2 aliphatic rings. The van der Waals surface area contributed by atoms with Gasteiger partial charge in [0.25, 0.3) is 0 Å². The number of nitrogens with zero attached hydrogens (tertiary/aromatic N) is 2. The van der Waals surface area contributed by atoms with Crippen molar-refractivity contribution in [2.75, 3.05) is 6.54 Å². The summed E-state index contributed by atoms with van der Waals surface area (Å²) in [6.45, 7) is 2.91. The Labute approximate surface area is 169 Å². The van der Waals surface area contributed by atoms with Crippen molar-refractivity contribution in [1.29, 1.82) is 0 Å². The molecule has 2 aliphatic heterocycles. The largest absolute Gasteiger partial charge is 0.481 e. The van der Waals surface area contributed by atoms with E-state index in [1.165, 1.54) is 0 Å². The summed E-state index contributed by atoms with van der Waals surface area (Å²) < 4.78 is 0. The molecular formula is C23H24N2O4. The third kappa shape index (κ3) is 3.75. The van der Waals surface area contributed by atoms with E-state index in [0.29, 0.717) is 25.9 Å². The number of carboxylic acid groups (broad SMARTS) is 1. The second kappa shape index (κ2) is 7.70. The van der Waals surface area contributed by atoms with E-state index in [1.54, 1.807) is 9.80 Å². The third-order valence-corrected chi connectivity index (χ3v) is 5.89. The van der Waals surface area contributed by atoms with Crippen LogP contribution < -0.4 is 0 Å². The quantitative estimate of drug-likeness (QED) is 0.868. The van der Waals surface area contributed by atoms with Crippen LogP contribution in [-0.4, -0.2) is 45.3 Å². The van der Waals surface area contributed by atoms with E-state index in [1.807, 2.05) is 55.5 Å². The zero-order valence-electron chi connectivity index (χ0n) is 16.4. The van der Waals surface area contributed by atoms with Crippen LogP contribution in [0.4, 0.5) is 0 Å². The maximum absolute atomic E-state index is 13.3. The minimum Gasteiger partial charge on any atom is -0.481 e. The molecule has 6 nitrogen and oxygen atoms in total. The summed E-state index contributed by atoms with van der Waals surface area (Å²) in [5, 5.41) is 9.66. The van der Waals surface area contributed by atoms with Crippen molar-refractivity contribution in [3.63, 3.8) is 0 Å². The first-order valence-corrected chi connectivity index (χ1v) is 9.88. The van der Waals surface area contributed by atoms with E-state index in [0.717, 1.165) is 22.3 Å². The summed E-state index contributed by atoms with van der Waals surface area (Å²) in [7, 11) is 0. The average molecular weight is 392 g/mol. The molecule has 0 spiro atoms. The average Bonchev–Trinajstić information content (AvgIpc) is 3.08. The molecule has 2 atom stereocenters. The predicted octanol–water partition coefficient (Wildman–Crippen LogP) is 2.70. The number of rotatable bonds is 4. The van der Waals surface area contributed by atoms with Crippen LogP contribution in [0.5, 0.6) is 0 Å². The summed E-state index contributed by atoms with van der Waals surface area (Å²) in [5.41, 5.74) is 3.74. The van der Waals surface area contributed by atoms with E-state index in [4.69, 9.17) is 0 Å². The molecule has 2 aromatic carbocycles. The van der Waals surface area contributed by atoms with Gasteiger partial charge in [-0.25, -0.2) is 0 Å². The van der Waals surface area contributed by atoms with Crippen molar-refractivity contribution in [2.45, 2.75) is 44.8 Å². The number of amides is 2. The molecule has 0 bridgehead atoms. The molecular weight excluding hydrogens is 368 g/mol. The van der Waals surface area contributed by atoms with Gasteiger partial charge in [0.15, 0.2) is 0 Å². The Balaban J connectivity index is 1.55. The number of aliphatic carboxylic acids is 1. The Bertz CT molecular complexity index is 954. The first-order valence-electron chi connectivity index (χ1n) is 9.88. The van der Waals surface area contributed by atoms with Crippen LogP contribution in [0.2, 0.25) is 0 Å². The highest BCUT2D eigenvalue weighted by atomic mass is 16.4. The molecule has 0 saturated carbocycles. The number of fused-ring (bicyclic) bond motifs is 1. The molecule has 0 aliphatic carbocycles. The molecule has 2 unspecified atom stereocenters. The number of carbonyl (C=O) groups excluding carboxylic acids is 2. The number of benzene rings is 2. The number of carbonyl (C=O) groups is 3. The van der Waals surface area contributed by atoms with Gasteiger partial charge in [-0.15, -0.1) is 0 Å². The molecule has 29 heavy (non-hydrogen) atoms. The van der Waals surface area contributed by atoms with Crippen LogP contribution in [0.15, 0.2) is 48.5 Å². The molecule has 2 amide bonds. The maximum atomic E-state index is 13.3. The Morgan fingerprint density at radius 2 is 1.83 bits per heavy atom. The molecule has 1 fully saturated rings. The normalized spacial score (nSPS) is 21.2. The SMILES string of the molecule is Cc1ccc(CN2C(=O)CCC2C(=O)N2Cc3ccccc3C(C(=O)O)C2)cc1. The fourth-order valence-electron chi connectivity index (χ4n) is 4.28. The highest BCUT2D eigenvalue weighted by Gasteiger charge is 2.41. The van der Waals surface area contributed by atoms with Crippen LogP contribution in [0.1, 0.15) is 41.0 Å². The van der Waals surface area contributed by atoms with Crippen molar-refractivity contribution in [3.8, 4) is 0 Å². The smallest absolute Gasteiger partial charge is 0.312 e. The lowest BCUT2D eigenvalue weighted by atomic mass is 9.89. The van der Waals surface area contributed by atoms with Gasteiger partial charge in [-0.1, -0.05) is 54.1 Å². The lowest BCUT2D eigenvalue weighted by Gasteiger charge is -2.36. The van der Waals surface area contributed by atoms with E-state index in [-0.39, 0.29) is 18.4 Å². The van der Waals surface area contributed by atoms with Crippen molar-refractivity contribution in [2.24, 2.45) is 0 Å². The zero-order chi connectivity index (χ0) is 20.5. The Hall–Kier alpha value is -3.15. The fourth-order valence-corrected chi connectivity index (χ4v) is 4.28. The minimum atomic E-state index is -0.936. The van der Waals surface area contributed by atoms with Crippen LogP contribution in [0.25, 0.3) is 0 Å².